The molecule has 1 aliphatic heterocycles. The fourth-order valence-electron chi connectivity index (χ4n) is 4.94. The van der Waals surface area contributed by atoms with Gasteiger partial charge in [0.2, 0.25) is 6.29 Å². The Balaban J connectivity index is 1.76. The standard InChI is InChI=1S/C29H35N3O5/c1-4-36-29-23(16-11-17-33)24(18-25(37-29)27(34)30-19-21-12-7-5-8-13-21)26-20(2)31(3)32(28(26)35)22-14-9-6-10-15-22/h5-10,12-15,18,23-24,29,33H,4,11,16-17,19H2,1-3H3,(H,30,34)/t23-,24+,29-/m0/s1. The van der Waals surface area contributed by atoms with Crippen molar-refractivity contribution in [1.82, 2.24) is 14.7 Å². The van der Waals surface area contributed by atoms with Crippen molar-refractivity contribution < 1.29 is 19.4 Å². The molecule has 0 bridgehead atoms. The van der Waals surface area contributed by atoms with Crippen LogP contribution in [0, 0.1) is 12.8 Å². The molecule has 0 aliphatic carbocycles. The Labute approximate surface area is 217 Å². The van der Waals surface area contributed by atoms with E-state index in [1.54, 1.807) is 10.8 Å². The van der Waals surface area contributed by atoms with E-state index >= 15 is 0 Å². The molecule has 8 nitrogen and oxygen atoms in total. The van der Waals surface area contributed by atoms with Crippen molar-refractivity contribution in [3.63, 3.8) is 0 Å². The lowest BCUT2D eigenvalue weighted by molar-refractivity contribution is -0.166. The maximum Gasteiger partial charge on any atom is 0.286 e. The van der Waals surface area contributed by atoms with E-state index in [2.05, 4.69) is 5.32 Å². The molecule has 37 heavy (non-hydrogen) atoms. The van der Waals surface area contributed by atoms with Gasteiger partial charge in [0.15, 0.2) is 5.76 Å². The van der Waals surface area contributed by atoms with E-state index in [4.69, 9.17) is 9.47 Å². The highest BCUT2D eigenvalue weighted by molar-refractivity contribution is 5.91. The second-order valence-corrected chi connectivity index (χ2v) is 9.17. The van der Waals surface area contributed by atoms with Crippen molar-refractivity contribution in [2.45, 2.75) is 45.4 Å². The van der Waals surface area contributed by atoms with Gasteiger partial charge in [-0.3, -0.25) is 14.3 Å². The van der Waals surface area contributed by atoms with Gasteiger partial charge in [0, 0.05) is 49.9 Å². The first-order valence-electron chi connectivity index (χ1n) is 12.7. The molecule has 0 saturated heterocycles. The number of allylic oxidation sites excluding steroid dienone is 1. The summed E-state index contributed by atoms with van der Waals surface area (Å²) in [5.74, 6) is -0.918. The number of ether oxygens (including phenoxy) is 2. The third-order valence-corrected chi connectivity index (χ3v) is 6.86. The molecule has 1 amide bonds. The van der Waals surface area contributed by atoms with Gasteiger partial charge < -0.3 is 19.9 Å². The van der Waals surface area contributed by atoms with Crippen LogP contribution < -0.4 is 10.9 Å². The molecule has 0 unspecified atom stereocenters. The topological polar surface area (TPSA) is 94.7 Å². The number of para-hydroxylation sites is 1. The zero-order valence-corrected chi connectivity index (χ0v) is 21.6. The van der Waals surface area contributed by atoms with Crippen LogP contribution in [0.2, 0.25) is 0 Å². The second kappa shape index (κ2) is 12.1. The monoisotopic (exact) mass is 505 g/mol. The Hall–Kier alpha value is -3.62. The summed E-state index contributed by atoms with van der Waals surface area (Å²) in [4.78, 5) is 27.1. The lowest BCUT2D eigenvalue weighted by Crippen LogP contribution is -2.40. The Morgan fingerprint density at radius 1 is 1.11 bits per heavy atom. The van der Waals surface area contributed by atoms with E-state index in [0.717, 1.165) is 16.9 Å². The van der Waals surface area contributed by atoms with Crippen molar-refractivity contribution in [1.29, 1.82) is 0 Å². The minimum atomic E-state index is -0.729. The molecule has 0 spiro atoms. The van der Waals surface area contributed by atoms with Crippen molar-refractivity contribution >= 4 is 5.91 Å². The number of nitrogens with one attached hydrogen (secondary N) is 1. The Kier molecular flexibility index (Phi) is 8.63. The van der Waals surface area contributed by atoms with Crippen LogP contribution in [0.15, 0.2) is 77.3 Å². The summed E-state index contributed by atoms with van der Waals surface area (Å²) in [6, 6.07) is 19.1. The third kappa shape index (κ3) is 5.70. The highest BCUT2D eigenvalue weighted by Crippen LogP contribution is 2.39. The molecule has 0 saturated carbocycles. The smallest absolute Gasteiger partial charge is 0.286 e. The number of hydrogen-bond donors (Lipinski definition) is 2. The quantitative estimate of drug-likeness (QED) is 0.440. The Morgan fingerprint density at radius 3 is 2.43 bits per heavy atom. The maximum absolute atomic E-state index is 13.9. The number of aromatic nitrogens is 2. The molecule has 196 valence electrons. The number of carbonyl (C=O) groups is 1. The summed E-state index contributed by atoms with van der Waals surface area (Å²) >= 11 is 0. The largest absolute Gasteiger partial charge is 0.459 e. The van der Waals surface area contributed by atoms with Gasteiger partial charge in [-0.15, -0.1) is 0 Å². The predicted molar refractivity (Wildman–Crippen MR) is 141 cm³/mol. The molecule has 3 aromatic rings. The molecule has 3 atom stereocenters. The number of aliphatic hydroxyl groups excluding tert-OH is 1. The minimum absolute atomic E-state index is 0.0121. The number of amides is 1. The third-order valence-electron chi connectivity index (χ3n) is 6.86. The number of rotatable bonds is 10. The van der Waals surface area contributed by atoms with E-state index in [1.165, 1.54) is 0 Å². The number of carbonyl (C=O) groups excluding carboxylic acids is 1. The van der Waals surface area contributed by atoms with Crippen LogP contribution in [0.1, 0.15) is 42.5 Å². The molecule has 0 fully saturated rings. The molecule has 2 heterocycles. The lowest BCUT2D eigenvalue weighted by atomic mass is 9.80. The predicted octanol–water partition coefficient (Wildman–Crippen LogP) is 3.55. The van der Waals surface area contributed by atoms with Gasteiger partial charge in [0.1, 0.15) is 0 Å². The summed E-state index contributed by atoms with van der Waals surface area (Å²) in [7, 11) is 1.85. The highest BCUT2D eigenvalue weighted by atomic mass is 16.7. The van der Waals surface area contributed by atoms with Crippen molar-refractivity contribution in [2.75, 3.05) is 13.2 Å². The molecule has 1 aromatic heterocycles. The zero-order chi connectivity index (χ0) is 26.4. The van der Waals surface area contributed by atoms with E-state index in [1.807, 2.05) is 86.2 Å². The first-order chi connectivity index (χ1) is 18.0. The summed E-state index contributed by atoms with van der Waals surface area (Å²) in [5, 5.41) is 12.5. The van der Waals surface area contributed by atoms with Crippen molar-refractivity contribution in [3.05, 3.63) is 99.7 Å². The van der Waals surface area contributed by atoms with Crippen LogP contribution in [0.25, 0.3) is 5.69 Å². The van der Waals surface area contributed by atoms with Crippen LogP contribution in [-0.2, 0) is 27.9 Å². The fraction of sp³-hybridized carbons (Fsp3) is 0.379. The first-order valence-corrected chi connectivity index (χ1v) is 12.7. The zero-order valence-electron chi connectivity index (χ0n) is 21.6. The fourth-order valence-corrected chi connectivity index (χ4v) is 4.94. The summed E-state index contributed by atoms with van der Waals surface area (Å²) in [6.45, 7) is 4.52. The van der Waals surface area contributed by atoms with Crippen LogP contribution in [0.4, 0.5) is 0 Å². The van der Waals surface area contributed by atoms with Gasteiger partial charge in [-0.05, 0) is 50.5 Å². The van der Waals surface area contributed by atoms with E-state index in [0.29, 0.717) is 31.6 Å². The van der Waals surface area contributed by atoms with E-state index in [-0.39, 0.29) is 29.8 Å². The van der Waals surface area contributed by atoms with E-state index in [9.17, 15) is 14.7 Å². The molecule has 1 aliphatic rings. The van der Waals surface area contributed by atoms with Gasteiger partial charge in [-0.2, -0.15) is 0 Å². The number of nitrogens with zero attached hydrogens (tertiary/aromatic N) is 2. The van der Waals surface area contributed by atoms with Crippen LogP contribution in [0.5, 0.6) is 0 Å². The molecule has 4 rings (SSSR count). The van der Waals surface area contributed by atoms with E-state index < -0.39 is 12.2 Å². The van der Waals surface area contributed by atoms with Crippen molar-refractivity contribution in [2.24, 2.45) is 13.0 Å². The van der Waals surface area contributed by atoms with Gasteiger partial charge in [0.25, 0.3) is 11.5 Å². The molecule has 2 aromatic carbocycles. The molecular weight excluding hydrogens is 470 g/mol. The average Bonchev–Trinajstić information content (AvgIpc) is 3.14. The minimum Gasteiger partial charge on any atom is -0.459 e. The summed E-state index contributed by atoms with van der Waals surface area (Å²) in [6.07, 6.45) is 2.11. The Morgan fingerprint density at radius 2 is 1.78 bits per heavy atom. The first kappa shape index (κ1) is 26.4. The molecule has 8 heteroatoms. The van der Waals surface area contributed by atoms with Crippen LogP contribution >= 0.6 is 0 Å². The SMILES string of the molecule is CCO[C@H]1OC(C(=O)NCc2ccccc2)=C[C@@H](c2c(C)n(C)n(-c3ccccc3)c2=O)[C@@H]1CCCO. The highest BCUT2D eigenvalue weighted by Gasteiger charge is 2.40. The average molecular weight is 506 g/mol. The van der Waals surface area contributed by atoms with Gasteiger partial charge >= 0.3 is 0 Å². The summed E-state index contributed by atoms with van der Waals surface area (Å²) in [5.41, 5.74) is 2.97. The van der Waals surface area contributed by atoms with Gasteiger partial charge in [-0.1, -0.05) is 48.5 Å². The number of hydrogen-bond acceptors (Lipinski definition) is 5. The van der Waals surface area contributed by atoms with Crippen LogP contribution in [0.3, 0.4) is 0 Å². The normalized spacial score (nSPS) is 19.2. The molecule has 0 radical (unpaired) electrons. The maximum atomic E-state index is 13.9. The van der Waals surface area contributed by atoms with Gasteiger partial charge in [-0.25, -0.2) is 4.68 Å². The molecule has 2 N–H and O–H groups in total. The van der Waals surface area contributed by atoms with Gasteiger partial charge in [0.05, 0.1) is 5.69 Å². The van der Waals surface area contributed by atoms with Crippen LogP contribution in [-0.4, -0.2) is 39.9 Å². The number of aliphatic hydroxyl groups is 1. The number of benzene rings is 2. The molecular formula is C29H35N3O5. The second-order valence-electron chi connectivity index (χ2n) is 9.17. The summed E-state index contributed by atoms with van der Waals surface area (Å²) < 4.78 is 15.5. The Bertz CT molecular complexity index is 1280. The lowest BCUT2D eigenvalue weighted by Gasteiger charge is -2.36. The van der Waals surface area contributed by atoms with Crippen molar-refractivity contribution in [3.8, 4) is 5.69 Å².